The Balaban J connectivity index is 1.60. The highest BCUT2D eigenvalue weighted by atomic mass is 31.2. The van der Waals surface area contributed by atoms with Crippen LogP contribution in [-0.2, 0) is 46.8 Å². The fourth-order valence-electron chi connectivity index (χ4n) is 6.95. The van der Waals surface area contributed by atoms with E-state index in [0.717, 1.165) is 6.42 Å². The fraction of sp³-hybridized carbons (Fsp3) is 0.882. The van der Waals surface area contributed by atoms with E-state index < -0.39 is 39.5 Å². The third kappa shape index (κ3) is 14.1. The first kappa shape index (κ1) is 47.4. The molecule has 0 aromatic rings. The summed E-state index contributed by atoms with van der Waals surface area (Å²) >= 11 is 0. The fourth-order valence-corrected chi connectivity index (χ4v) is 11.1. The molecule has 318 valence electrons. The van der Waals surface area contributed by atoms with Gasteiger partial charge >= 0.3 is 15.3 Å². The molecule has 3 saturated heterocycles. The van der Waals surface area contributed by atoms with Crippen LogP contribution in [0, 0.1) is 5.41 Å². The zero-order chi connectivity index (χ0) is 41.1. The quantitative estimate of drug-likeness (QED) is 0.0594. The highest BCUT2D eigenvalue weighted by Crippen LogP contribution is 2.56. The van der Waals surface area contributed by atoms with Gasteiger partial charge in [0.15, 0.2) is 0 Å². The summed E-state index contributed by atoms with van der Waals surface area (Å²) in [7, 11) is -0.239. The summed E-state index contributed by atoms with van der Waals surface area (Å²) < 4.78 is 66.4. The van der Waals surface area contributed by atoms with Crippen molar-refractivity contribution >= 4 is 38.9 Å². The van der Waals surface area contributed by atoms with Crippen molar-refractivity contribution < 1.29 is 46.8 Å². The average molecular weight is 824 g/mol. The van der Waals surface area contributed by atoms with Gasteiger partial charge in [-0.05, 0) is 68.2 Å². The van der Waals surface area contributed by atoms with E-state index in [2.05, 4.69) is 10.6 Å². The van der Waals surface area contributed by atoms with Gasteiger partial charge in [-0.25, -0.2) is 18.7 Å². The number of nitrogens with two attached hydrogens (primary N) is 1. The van der Waals surface area contributed by atoms with Crippen LogP contribution in [0.4, 0.5) is 0 Å². The summed E-state index contributed by atoms with van der Waals surface area (Å²) in [5.41, 5.74) is 5.41. The summed E-state index contributed by atoms with van der Waals surface area (Å²) in [5, 5.41) is 12.6. The van der Waals surface area contributed by atoms with E-state index in [4.69, 9.17) is 34.4 Å². The first-order valence-corrected chi connectivity index (χ1v) is 22.3. The molecule has 19 nitrogen and oxygen atoms in total. The zero-order valence-corrected chi connectivity index (χ0v) is 36.0. The molecule has 3 heterocycles. The van der Waals surface area contributed by atoms with Gasteiger partial charge in [0.05, 0.1) is 62.2 Å². The van der Waals surface area contributed by atoms with Crippen LogP contribution in [0.3, 0.4) is 0 Å². The maximum absolute atomic E-state index is 14.6. The molecule has 21 heteroatoms. The maximum atomic E-state index is 14.6. The molecule has 55 heavy (non-hydrogen) atoms. The number of hydrogen-bond acceptors (Lipinski definition) is 11. The normalized spacial score (nSPS) is 28.3. The minimum atomic E-state index is -3.64. The molecule has 3 aliphatic heterocycles. The van der Waals surface area contributed by atoms with Gasteiger partial charge in [-0.1, -0.05) is 13.3 Å². The molecule has 0 spiro atoms. The molecule has 0 bridgehead atoms. The first-order chi connectivity index (χ1) is 25.8. The Hall–Kier alpha value is -2.02. The van der Waals surface area contributed by atoms with Crippen molar-refractivity contribution in [3.8, 4) is 0 Å². The van der Waals surface area contributed by atoms with E-state index in [1.54, 1.807) is 47.1 Å². The van der Waals surface area contributed by atoms with Crippen LogP contribution < -0.4 is 16.4 Å². The molecule has 9 atom stereocenters. The van der Waals surface area contributed by atoms with Crippen LogP contribution in [0.15, 0.2) is 0 Å². The van der Waals surface area contributed by atoms with Gasteiger partial charge < -0.3 is 44.5 Å². The van der Waals surface area contributed by atoms with E-state index >= 15 is 0 Å². The Kier molecular flexibility index (Phi) is 18.6. The number of carbonyl (C=O) groups is 3. The number of nitrogens with one attached hydrogen (secondary N) is 3. The molecule has 9 unspecified atom stereocenters. The lowest BCUT2D eigenvalue weighted by atomic mass is 10.1. The van der Waals surface area contributed by atoms with Crippen LogP contribution in [-0.4, -0.2) is 177 Å². The van der Waals surface area contributed by atoms with E-state index in [-0.39, 0.29) is 74.9 Å². The highest BCUT2D eigenvalue weighted by molar-refractivity contribution is 7.54. The summed E-state index contributed by atoms with van der Waals surface area (Å²) in [4.78, 5) is 39.5. The van der Waals surface area contributed by atoms with Crippen molar-refractivity contribution in [1.82, 2.24) is 34.2 Å². The summed E-state index contributed by atoms with van der Waals surface area (Å²) in [6, 6.07) is -0.823. The third-order valence-electron chi connectivity index (χ3n) is 9.63. The van der Waals surface area contributed by atoms with Gasteiger partial charge in [0, 0.05) is 52.6 Å². The molecule has 0 saturated carbocycles. The van der Waals surface area contributed by atoms with Crippen LogP contribution in [0.25, 0.3) is 0 Å². The van der Waals surface area contributed by atoms with E-state index in [1.165, 1.54) is 6.92 Å². The predicted octanol–water partition coefficient (Wildman–Crippen LogP) is 1.68. The Labute approximate surface area is 327 Å². The SMILES string of the molecule is CCC1CN(P(=O)(OCC2CN(P(=O)(OCC3CN(C(=O)CNC(=O)C(CCCCC(=N)N)NC(C)=O)CC(C)O3)N(C)C)CC(C)O2)N(C)C)CC(C)O1. The van der Waals surface area contributed by atoms with Crippen molar-refractivity contribution in [2.24, 2.45) is 5.73 Å². The predicted molar refractivity (Wildman–Crippen MR) is 209 cm³/mol. The Morgan fingerprint density at radius 1 is 0.818 bits per heavy atom. The lowest BCUT2D eigenvalue weighted by Crippen LogP contribution is -2.54. The van der Waals surface area contributed by atoms with Crippen LogP contribution in [0.2, 0.25) is 0 Å². The standard InChI is InChI=1S/C34H67N9O10P2/c1-10-28-20-42(17-25(3)51-28)54(47,39(6)7)50-23-30-21-43(18-26(4)53-30)55(48,40(8)9)49-22-29-19-41(16-24(2)52-29)33(45)15-37-34(46)31(38-27(5)44)13-11-12-14-32(35)36/h24-26,28-31H,10-23H2,1-9H3,(H3,35,36)(H,37,46)(H,38,44). The highest BCUT2D eigenvalue weighted by Gasteiger charge is 2.44. The molecule has 3 amide bonds. The lowest BCUT2D eigenvalue weighted by molar-refractivity contribution is -0.147. The van der Waals surface area contributed by atoms with Gasteiger partial charge in [-0.3, -0.25) is 28.9 Å². The third-order valence-corrected chi connectivity index (χ3v) is 14.7. The molecule has 3 aliphatic rings. The summed E-state index contributed by atoms with van der Waals surface area (Å²) in [6.45, 7) is 10.6. The molecule has 0 aromatic heterocycles. The topological polar surface area (TPSA) is 222 Å². The second-order valence-electron chi connectivity index (χ2n) is 15.2. The number of nitrogens with zero attached hydrogens (tertiary/aromatic N) is 5. The number of amidine groups is 1. The number of hydrogen-bond donors (Lipinski definition) is 4. The molecule has 3 fully saturated rings. The minimum absolute atomic E-state index is 0.00848. The smallest absolute Gasteiger partial charge is 0.345 e. The Bertz CT molecular complexity index is 1390. The Morgan fingerprint density at radius 3 is 1.80 bits per heavy atom. The van der Waals surface area contributed by atoms with Crippen molar-refractivity contribution in [2.75, 3.05) is 87.2 Å². The van der Waals surface area contributed by atoms with Crippen molar-refractivity contribution in [3.05, 3.63) is 0 Å². The van der Waals surface area contributed by atoms with Crippen LogP contribution in [0.1, 0.15) is 66.7 Å². The molecule has 0 aromatic carbocycles. The molecule has 0 radical (unpaired) electrons. The van der Waals surface area contributed by atoms with Crippen LogP contribution >= 0.6 is 15.3 Å². The maximum Gasteiger partial charge on any atom is 0.345 e. The van der Waals surface area contributed by atoms with Gasteiger partial charge in [0.1, 0.15) is 6.04 Å². The van der Waals surface area contributed by atoms with Gasteiger partial charge in [0.2, 0.25) is 17.7 Å². The number of morpholine rings is 3. The lowest BCUT2D eigenvalue weighted by Gasteiger charge is -2.44. The summed E-state index contributed by atoms with van der Waals surface area (Å²) in [6.07, 6.45) is 0.706. The molecule has 0 aliphatic carbocycles. The summed E-state index contributed by atoms with van der Waals surface area (Å²) in [5.74, 6) is -1.12. The second-order valence-corrected chi connectivity index (χ2v) is 20.4. The first-order valence-electron chi connectivity index (χ1n) is 19.2. The number of amides is 3. The minimum Gasteiger partial charge on any atom is -0.388 e. The van der Waals surface area contributed by atoms with Crippen molar-refractivity contribution in [2.45, 2.75) is 109 Å². The van der Waals surface area contributed by atoms with E-state index in [9.17, 15) is 23.5 Å². The van der Waals surface area contributed by atoms with E-state index in [1.807, 2.05) is 32.4 Å². The molecule has 5 N–H and O–H groups in total. The van der Waals surface area contributed by atoms with Gasteiger partial charge in [0.25, 0.3) is 0 Å². The molecular weight excluding hydrogens is 756 g/mol. The zero-order valence-electron chi connectivity index (χ0n) is 34.2. The number of carbonyl (C=O) groups excluding carboxylic acids is 3. The Morgan fingerprint density at radius 2 is 1.31 bits per heavy atom. The number of rotatable bonds is 20. The van der Waals surface area contributed by atoms with Gasteiger partial charge in [-0.2, -0.15) is 0 Å². The molecule has 3 rings (SSSR count). The monoisotopic (exact) mass is 823 g/mol. The van der Waals surface area contributed by atoms with Crippen molar-refractivity contribution in [1.29, 1.82) is 5.41 Å². The largest absolute Gasteiger partial charge is 0.388 e. The molecular formula is C34H67N9O10P2. The van der Waals surface area contributed by atoms with E-state index in [0.29, 0.717) is 51.9 Å². The average Bonchev–Trinajstić information content (AvgIpc) is 3.11. The second kappa shape index (κ2) is 21.7. The van der Waals surface area contributed by atoms with Gasteiger partial charge in [-0.15, -0.1) is 0 Å². The van der Waals surface area contributed by atoms with Crippen molar-refractivity contribution in [3.63, 3.8) is 0 Å². The number of ether oxygens (including phenoxy) is 3. The number of unbranched alkanes of at least 4 members (excludes halogenated alkanes) is 1. The van der Waals surface area contributed by atoms with Crippen LogP contribution in [0.5, 0.6) is 0 Å².